The number of piperidine rings is 1. The van der Waals surface area contributed by atoms with Crippen LogP contribution >= 0.6 is 11.6 Å². The molecule has 1 aliphatic rings. The van der Waals surface area contributed by atoms with Gasteiger partial charge in [-0.2, -0.15) is 0 Å². The van der Waals surface area contributed by atoms with Crippen LogP contribution in [0.5, 0.6) is 0 Å². The van der Waals surface area contributed by atoms with Gasteiger partial charge in [0, 0.05) is 30.0 Å². The topological polar surface area (TPSA) is 45.2 Å². The summed E-state index contributed by atoms with van der Waals surface area (Å²) in [5.41, 5.74) is 3.28. The Balaban J connectivity index is 1.78. The van der Waals surface area contributed by atoms with Gasteiger partial charge >= 0.3 is 0 Å². The minimum absolute atomic E-state index is 0.165. The highest BCUT2D eigenvalue weighted by molar-refractivity contribution is 6.31. The van der Waals surface area contributed by atoms with Crippen molar-refractivity contribution in [2.75, 3.05) is 23.3 Å². The van der Waals surface area contributed by atoms with E-state index in [0.29, 0.717) is 10.6 Å². The first kappa shape index (κ1) is 15.8. The number of hydrogen-bond acceptors (Lipinski definition) is 3. The SMILES string of the molecule is Cc1ccc(Cl)cc1NC(=O)c1cncc(N2CCCCC2)c1. The van der Waals surface area contributed by atoms with Gasteiger partial charge in [-0.25, -0.2) is 0 Å². The minimum atomic E-state index is -0.165. The molecule has 0 radical (unpaired) electrons. The molecule has 1 fully saturated rings. The van der Waals surface area contributed by atoms with Crippen LogP contribution in [0.4, 0.5) is 11.4 Å². The van der Waals surface area contributed by atoms with Crippen LogP contribution in [0.2, 0.25) is 5.02 Å². The van der Waals surface area contributed by atoms with Gasteiger partial charge in [-0.1, -0.05) is 17.7 Å². The summed E-state index contributed by atoms with van der Waals surface area (Å²) in [6.45, 7) is 3.99. The second kappa shape index (κ2) is 7.01. The smallest absolute Gasteiger partial charge is 0.257 e. The lowest BCUT2D eigenvalue weighted by atomic mass is 10.1. The predicted octanol–water partition coefficient (Wildman–Crippen LogP) is 4.29. The van der Waals surface area contributed by atoms with Crippen molar-refractivity contribution in [2.24, 2.45) is 0 Å². The molecule has 2 heterocycles. The lowest BCUT2D eigenvalue weighted by Gasteiger charge is -2.28. The van der Waals surface area contributed by atoms with Crippen molar-refractivity contribution in [1.29, 1.82) is 0 Å². The molecule has 0 atom stereocenters. The third-order valence-corrected chi connectivity index (χ3v) is 4.39. The molecule has 1 N–H and O–H groups in total. The molecule has 0 unspecified atom stereocenters. The van der Waals surface area contributed by atoms with E-state index in [0.717, 1.165) is 30.0 Å². The normalized spacial score (nSPS) is 14.6. The zero-order valence-corrected chi connectivity index (χ0v) is 13.9. The van der Waals surface area contributed by atoms with Crippen molar-refractivity contribution >= 4 is 28.9 Å². The maximum absolute atomic E-state index is 12.5. The summed E-state index contributed by atoms with van der Waals surface area (Å²) in [7, 11) is 0. The fourth-order valence-corrected chi connectivity index (χ4v) is 2.97. The molecule has 0 saturated carbocycles. The maximum atomic E-state index is 12.5. The van der Waals surface area contributed by atoms with E-state index in [2.05, 4.69) is 15.2 Å². The van der Waals surface area contributed by atoms with E-state index in [-0.39, 0.29) is 5.91 Å². The fourth-order valence-electron chi connectivity index (χ4n) is 2.80. The van der Waals surface area contributed by atoms with E-state index in [1.807, 2.05) is 31.3 Å². The lowest BCUT2D eigenvalue weighted by molar-refractivity contribution is 0.102. The van der Waals surface area contributed by atoms with Gasteiger partial charge in [0.25, 0.3) is 5.91 Å². The third kappa shape index (κ3) is 3.82. The van der Waals surface area contributed by atoms with Crippen LogP contribution in [-0.4, -0.2) is 24.0 Å². The Bertz CT molecular complexity index is 711. The summed E-state index contributed by atoms with van der Waals surface area (Å²) in [5, 5.41) is 3.52. The van der Waals surface area contributed by atoms with Crippen LogP contribution in [0.15, 0.2) is 36.7 Å². The lowest BCUT2D eigenvalue weighted by Crippen LogP contribution is -2.29. The average Bonchev–Trinajstić information content (AvgIpc) is 2.59. The molecular weight excluding hydrogens is 310 g/mol. The van der Waals surface area contributed by atoms with Crippen LogP contribution in [0.25, 0.3) is 0 Å². The Labute approximate surface area is 141 Å². The monoisotopic (exact) mass is 329 g/mol. The number of nitrogens with one attached hydrogen (secondary N) is 1. The molecule has 120 valence electrons. The van der Waals surface area contributed by atoms with E-state index < -0.39 is 0 Å². The summed E-state index contributed by atoms with van der Waals surface area (Å²) in [6.07, 6.45) is 7.09. The van der Waals surface area contributed by atoms with Gasteiger partial charge in [0.1, 0.15) is 0 Å². The highest BCUT2D eigenvalue weighted by Crippen LogP contribution is 2.23. The number of carbonyl (C=O) groups is 1. The molecule has 5 heteroatoms. The van der Waals surface area contributed by atoms with E-state index in [4.69, 9.17) is 11.6 Å². The zero-order chi connectivity index (χ0) is 16.2. The second-order valence-corrected chi connectivity index (χ2v) is 6.33. The first-order chi connectivity index (χ1) is 11.1. The van der Waals surface area contributed by atoms with E-state index >= 15 is 0 Å². The molecule has 0 aliphatic carbocycles. The van der Waals surface area contributed by atoms with Gasteiger partial charge < -0.3 is 10.2 Å². The Morgan fingerprint density at radius 2 is 1.96 bits per heavy atom. The molecule has 0 bridgehead atoms. The highest BCUT2D eigenvalue weighted by Gasteiger charge is 2.14. The molecule has 23 heavy (non-hydrogen) atoms. The average molecular weight is 330 g/mol. The van der Waals surface area contributed by atoms with Gasteiger partial charge in [-0.15, -0.1) is 0 Å². The van der Waals surface area contributed by atoms with Gasteiger partial charge in [-0.3, -0.25) is 9.78 Å². The van der Waals surface area contributed by atoms with Crippen molar-refractivity contribution in [3.8, 4) is 0 Å². The Kier molecular flexibility index (Phi) is 4.82. The number of aryl methyl sites for hydroxylation is 1. The largest absolute Gasteiger partial charge is 0.370 e. The summed E-state index contributed by atoms with van der Waals surface area (Å²) in [4.78, 5) is 19.0. The summed E-state index contributed by atoms with van der Waals surface area (Å²) in [6, 6.07) is 7.37. The molecule has 2 aromatic rings. The number of nitrogens with zero attached hydrogens (tertiary/aromatic N) is 2. The van der Waals surface area contributed by atoms with Crippen molar-refractivity contribution in [3.63, 3.8) is 0 Å². The number of hydrogen-bond donors (Lipinski definition) is 1. The van der Waals surface area contributed by atoms with Crippen molar-refractivity contribution in [2.45, 2.75) is 26.2 Å². The number of benzene rings is 1. The zero-order valence-electron chi connectivity index (χ0n) is 13.2. The Morgan fingerprint density at radius 1 is 1.17 bits per heavy atom. The van der Waals surface area contributed by atoms with Gasteiger partial charge in [-0.05, 0) is 49.9 Å². The number of pyridine rings is 1. The molecule has 4 nitrogen and oxygen atoms in total. The molecule has 1 amide bonds. The van der Waals surface area contributed by atoms with Gasteiger partial charge in [0.2, 0.25) is 0 Å². The van der Waals surface area contributed by atoms with Crippen LogP contribution in [0, 0.1) is 6.92 Å². The van der Waals surface area contributed by atoms with Crippen molar-refractivity contribution in [1.82, 2.24) is 4.98 Å². The standard InChI is InChI=1S/C18H20ClN3O/c1-13-5-6-15(19)10-17(13)21-18(23)14-9-16(12-20-11-14)22-7-3-2-4-8-22/h5-6,9-12H,2-4,7-8H2,1H3,(H,21,23). The molecular formula is C18H20ClN3O. The summed E-state index contributed by atoms with van der Waals surface area (Å²) < 4.78 is 0. The number of anilines is 2. The van der Waals surface area contributed by atoms with E-state index in [9.17, 15) is 4.79 Å². The Hall–Kier alpha value is -2.07. The quantitative estimate of drug-likeness (QED) is 0.913. The third-order valence-electron chi connectivity index (χ3n) is 4.16. The molecule has 1 saturated heterocycles. The van der Waals surface area contributed by atoms with Gasteiger partial charge in [0.15, 0.2) is 0 Å². The maximum Gasteiger partial charge on any atom is 0.257 e. The van der Waals surface area contributed by atoms with E-state index in [1.54, 1.807) is 12.3 Å². The molecule has 1 aliphatic heterocycles. The molecule has 0 spiro atoms. The first-order valence-corrected chi connectivity index (χ1v) is 8.29. The Morgan fingerprint density at radius 3 is 2.74 bits per heavy atom. The number of halogens is 1. The summed E-state index contributed by atoms with van der Waals surface area (Å²) >= 11 is 6.00. The van der Waals surface area contributed by atoms with Crippen LogP contribution in [0.3, 0.4) is 0 Å². The predicted molar refractivity (Wildman–Crippen MR) is 94.4 cm³/mol. The summed E-state index contributed by atoms with van der Waals surface area (Å²) in [5.74, 6) is -0.165. The minimum Gasteiger partial charge on any atom is -0.370 e. The molecule has 1 aromatic heterocycles. The fraction of sp³-hybridized carbons (Fsp3) is 0.333. The van der Waals surface area contributed by atoms with Crippen LogP contribution in [-0.2, 0) is 0 Å². The first-order valence-electron chi connectivity index (χ1n) is 7.91. The van der Waals surface area contributed by atoms with Crippen molar-refractivity contribution < 1.29 is 4.79 Å². The van der Waals surface area contributed by atoms with Crippen LogP contribution < -0.4 is 10.2 Å². The van der Waals surface area contributed by atoms with Crippen LogP contribution in [0.1, 0.15) is 35.2 Å². The number of amides is 1. The number of rotatable bonds is 3. The molecule has 3 rings (SSSR count). The van der Waals surface area contributed by atoms with Crippen molar-refractivity contribution in [3.05, 3.63) is 52.8 Å². The molecule has 1 aromatic carbocycles. The van der Waals surface area contributed by atoms with E-state index in [1.165, 1.54) is 19.3 Å². The number of aromatic nitrogens is 1. The second-order valence-electron chi connectivity index (χ2n) is 5.89. The number of carbonyl (C=O) groups excluding carboxylic acids is 1. The highest BCUT2D eigenvalue weighted by atomic mass is 35.5. The van der Waals surface area contributed by atoms with Gasteiger partial charge in [0.05, 0.1) is 17.4 Å².